The third-order valence-electron chi connectivity index (χ3n) is 2.74. The lowest BCUT2D eigenvalue weighted by Crippen LogP contribution is -2.49. The number of carbonyl (C=O) groups is 2. The fourth-order valence-corrected chi connectivity index (χ4v) is 1.95. The highest BCUT2D eigenvalue weighted by Crippen LogP contribution is 2.19. The molecule has 1 unspecified atom stereocenters. The lowest BCUT2D eigenvalue weighted by Gasteiger charge is -2.30. The van der Waals surface area contributed by atoms with Gasteiger partial charge in [0.2, 0.25) is 5.91 Å². The van der Waals surface area contributed by atoms with Gasteiger partial charge in [0.15, 0.2) is 6.10 Å². The summed E-state index contributed by atoms with van der Waals surface area (Å²) in [6.07, 6.45) is -0.967. The highest BCUT2D eigenvalue weighted by molar-refractivity contribution is 6.31. The quantitative estimate of drug-likeness (QED) is 0.894. The van der Waals surface area contributed by atoms with Crippen LogP contribution in [0.2, 0.25) is 5.02 Å². The molecule has 1 amide bonds. The van der Waals surface area contributed by atoms with Crippen molar-refractivity contribution < 1.29 is 19.4 Å². The molecule has 1 N–H and O–H groups in total. The van der Waals surface area contributed by atoms with Gasteiger partial charge in [-0.3, -0.25) is 4.79 Å². The van der Waals surface area contributed by atoms with Crippen LogP contribution in [0.25, 0.3) is 0 Å². The Balaban J connectivity index is 2.10. The number of nitrogens with zero attached hydrogens (tertiary/aromatic N) is 1. The van der Waals surface area contributed by atoms with Crippen LogP contribution in [0.15, 0.2) is 24.3 Å². The molecule has 96 valence electrons. The topological polar surface area (TPSA) is 66.8 Å². The molecule has 0 aliphatic carbocycles. The van der Waals surface area contributed by atoms with Crippen molar-refractivity contribution in [2.75, 3.05) is 13.2 Å². The molecular weight excluding hydrogens is 258 g/mol. The van der Waals surface area contributed by atoms with Crippen molar-refractivity contribution in [2.24, 2.45) is 0 Å². The summed E-state index contributed by atoms with van der Waals surface area (Å²) in [7, 11) is 0. The first-order valence-electron chi connectivity index (χ1n) is 5.43. The number of hydrogen-bond acceptors (Lipinski definition) is 3. The minimum Gasteiger partial charge on any atom is -0.479 e. The number of amides is 1. The molecule has 0 bridgehead atoms. The SMILES string of the molecule is O=C(O)C1CN(Cc2ccccc2Cl)C(=O)CO1. The van der Waals surface area contributed by atoms with Gasteiger partial charge < -0.3 is 14.7 Å². The van der Waals surface area contributed by atoms with Crippen LogP contribution in [0.5, 0.6) is 0 Å². The molecule has 0 saturated carbocycles. The number of carbonyl (C=O) groups excluding carboxylic acids is 1. The molecule has 5 nitrogen and oxygen atoms in total. The highest BCUT2D eigenvalue weighted by Gasteiger charge is 2.30. The number of hydrogen-bond donors (Lipinski definition) is 1. The standard InChI is InChI=1S/C12H12ClNO4/c13-9-4-2-1-3-8(9)5-14-6-10(12(16)17)18-7-11(14)15/h1-4,10H,5-7H2,(H,16,17). The summed E-state index contributed by atoms with van der Waals surface area (Å²) < 4.78 is 4.93. The van der Waals surface area contributed by atoms with E-state index in [1.165, 1.54) is 4.90 Å². The number of halogens is 1. The van der Waals surface area contributed by atoms with Crippen molar-refractivity contribution >= 4 is 23.5 Å². The zero-order valence-corrected chi connectivity index (χ0v) is 10.3. The third kappa shape index (κ3) is 2.80. The molecule has 1 saturated heterocycles. The molecule has 1 aliphatic heterocycles. The van der Waals surface area contributed by atoms with E-state index in [9.17, 15) is 9.59 Å². The average Bonchev–Trinajstić information content (AvgIpc) is 2.34. The molecule has 1 fully saturated rings. The van der Waals surface area contributed by atoms with Crippen LogP contribution < -0.4 is 0 Å². The van der Waals surface area contributed by atoms with E-state index in [0.29, 0.717) is 11.6 Å². The third-order valence-corrected chi connectivity index (χ3v) is 3.11. The first-order chi connectivity index (χ1) is 8.58. The highest BCUT2D eigenvalue weighted by atomic mass is 35.5. The summed E-state index contributed by atoms with van der Waals surface area (Å²) in [5.41, 5.74) is 0.790. The summed E-state index contributed by atoms with van der Waals surface area (Å²) in [5.74, 6) is -1.29. The van der Waals surface area contributed by atoms with Crippen molar-refractivity contribution in [2.45, 2.75) is 12.6 Å². The smallest absolute Gasteiger partial charge is 0.334 e. The van der Waals surface area contributed by atoms with Crippen molar-refractivity contribution in [1.29, 1.82) is 0 Å². The van der Waals surface area contributed by atoms with E-state index in [2.05, 4.69) is 0 Å². The molecule has 6 heteroatoms. The van der Waals surface area contributed by atoms with Gasteiger partial charge in [0.25, 0.3) is 0 Å². The van der Waals surface area contributed by atoms with Crippen LogP contribution in [-0.4, -0.2) is 41.1 Å². The molecule has 0 spiro atoms. The van der Waals surface area contributed by atoms with E-state index in [1.54, 1.807) is 18.2 Å². The number of carboxylic acid groups (broad SMARTS) is 1. The first kappa shape index (κ1) is 12.9. The minimum atomic E-state index is -1.06. The second kappa shape index (κ2) is 5.37. The molecule has 0 radical (unpaired) electrons. The Bertz CT molecular complexity index is 477. The molecule has 0 aromatic heterocycles. The Labute approximate surface area is 109 Å². The van der Waals surface area contributed by atoms with E-state index in [-0.39, 0.29) is 19.1 Å². The minimum absolute atomic E-state index is 0.0411. The Morgan fingerprint density at radius 1 is 1.50 bits per heavy atom. The van der Waals surface area contributed by atoms with Gasteiger partial charge in [-0.1, -0.05) is 29.8 Å². The van der Waals surface area contributed by atoms with E-state index in [1.807, 2.05) is 6.07 Å². The maximum absolute atomic E-state index is 11.6. The van der Waals surface area contributed by atoms with Gasteiger partial charge in [-0.2, -0.15) is 0 Å². The number of rotatable bonds is 3. The molecule has 2 rings (SSSR count). The van der Waals surface area contributed by atoms with Gasteiger partial charge >= 0.3 is 5.97 Å². The van der Waals surface area contributed by atoms with Crippen molar-refractivity contribution in [3.05, 3.63) is 34.9 Å². The summed E-state index contributed by atoms with van der Waals surface area (Å²) in [6, 6.07) is 7.16. The normalized spacial score (nSPS) is 19.9. The predicted octanol–water partition coefficient (Wildman–Crippen LogP) is 1.15. The number of ether oxygens (including phenoxy) is 1. The Morgan fingerprint density at radius 3 is 2.89 bits per heavy atom. The van der Waals surface area contributed by atoms with E-state index in [4.69, 9.17) is 21.4 Å². The van der Waals surface area contributed by atoms with Crippen LogP contribution in [0.4, 0.5) is 0 Å². The monoisotopic (exact) mass is 269 g/mol. The molecular formula is C12H12ClNO4. The number of morpholine rings is 1. The number of benzene rings is 1. The molecule has 1 aliphatic rings. The van der Waals surface area contributed by atoms with Gasteiger partial charge in [-0.05, 0) is 11.6 Å². The van der Waals surface area contributed by atoms with Crippen LogP contribution in [0.3, 0.4) is 0 Å². The second-order valence-electron chi connectivity index (χ2n) is 4.00. The summed E-state index contributed by atoms with van der Waals surface area (Å²) in [5, 5.41) is 9.43. The maximum atomic E-state index is 11.6. The van der Waals surface area contributed by atoms with E-state index >= 15 is 0 Å². The van der Waals surface area contributed by atoms with Gasteiger partial charge in [0.1, 0.15) is 6.61 Å². The summed E-state index contributed by atoms with van der Waals surface area (Å²) in [6.45, 7) is 0.131. The van der Waals surface area contributed by atoms with Crippen LogP contribution >= 0.6 is 11.6 Å². The zero-order chi connectivity index (χ0) is 13.1. The van der Waals surface area contributed by atoms with E-state index < -0.39 is 12.1 Å². The Kier molecular flexibility index (Phi) is 3.84. The van der Waals surface area contributed by atoms with Gasteiger partial charge in [-0.25, -0.2) is 4.79 Å². The molecule has 1 atom stereocenters. The van der Waals surface area contributed by atoms with Gasteiger partial charge in [0.05, 0.1) is 6.54 Å². The van der Waals surface area contributed by atoms with Crippen molar-refractivity contribution in [1.82, 2.24) is 4.90 Å². The van der Waals surface area contributed by atoms with Crippen LogP contribution in [0.1, 0.15) is 5.56 Å². The Morgan fingerprint density at radius 2 is 2.22 bits per heavy atom. The van der Waals surface area contributed by atoms with E-state index in [0.717, 1.165) is 5.56 Å². The lowest BCUT2D eigenvalue weighted by atomic mass is 10.2. The lowest BCUT2D eigenvalue weighted by molar-refractivity contribution is -0.165. The second-order valence-corrected chi connectivity index (χ2v) is 4.41. The zero-order valence-electron chi connectivity index (χ0n) is 9.51. The maximum Gasteiger partial charge on any atom is 0.334 e. The molecule has 1 aromatic carbocycles. The molecule has 1 heterocycles. The van der Waals surface area contributed by atoms with Gasteiger partial charge in [0, 0.05) is 11.6 Å². The average molecular weight is 270 g/mol. The number of carboxylic acids is 1. The van der Waals surface area contributed by atoms with Gasteiger partial charge in [-0.15, -0.1) is 0 Å². The largest absolute Gasteiger partial charge is 0.479 e. The fourth-order valence-electron chi connectivity index (χ4n) is 1.75. The Hall–Kier alpha value is -1.59. The molecule has 18 heavy (non-hydrogen) atoms. The van der Waals surface area contributed by atoms with Crippen LogP contribution in [0, 0.1) is 0 Å². The summed E-state index contributed by atoms with van der Waals surface area (Å²) >= 11 is 6.00. The fraction of sp³-hybridized carbons (Fsp3) is 0.333. The number of aliphatic carboxylic acids is 1. The molecule has 1 aromatic rings. The first-order valence-corrected chi connectivity index (χ1v) is 5.81. The van der Waals surface area contributed by atoms with Crippen molar-refractivity contribution in [3.8, 4) is 0 Å². The predicted molar refractivity (Wildman–Crippen MR) is 64.2 cm³/mol. The summed E-state index contributed by atoms with van der Waals surface area (Å²) in [4.78, 5) is 23.9. The van der Waals surface area contributed by atoms with Crippen molar-refractivity contribution in [3.63, 3.8) is 0 Å². The van der Waals surface area contributed by atoms with Crippen LogP contribution in [-0.2, 0) is 20.9 Å².